The molecular weight excluding hydrogens is 148 g/mol. The molecule has 0 radical (unpaired) electrons. The van der Waals surface area contributed by atoms with Gasteiger partial charge in [-0.25, -0.2) is 0 Å². The van der Waals surface area contributed by atoms with E-state index in [1.54, 1.807) is 6.08 Å². The Labute approximate surface area is 74.4 Å². The molecule has 0 amide bonds. The summed E-state index contributed by atoms with van der Waals surface area (Å²) in [5.41, 5.74) is 1.10. The summed E-state index contributed by atoms with van der Waals surface area (Å²) in [6.45, 7) is 6.46. The second-order valence-corrected chi connectivity index (χ2v) is 2.16. The number of hydrogen-bond acceptors (Lipinski definition) is 1. The molecule has 0 aliphatic carbocycles. The number of allylic oxidation sites excluding steroid dienone is 3. The van der Waals surface area contributed by atoms with E-state index in [1.165, 1.54) is 0 Å². The van der Waals surface area contributed by atoms with Gasteiger partial charge < -0.3 is 4.74 Å². The smallest absolute Gasteiger partial charge is 0.107 e. The van der Waals surface area contributed by atoms with E-state index >= 15 is 0 Å². The van der Waals surface area contributed by atoms with Gasteiger partial charge in [0.2, 0.25) is 0 Å². The SMILES string of the molecule is C#CCOCC(/C=C\C=C)=C/C. The molecule has 0 saturated heterocycles. The minimum Gasteiger partial charge on any atom is -0.364 e. The van der Waals surface area contributed by atoms with Crippen LogP contribution in [0.2, 0.25) is 0 Å². The van der Waals surface area contributed by atoms with Gasteiger partial charge in [-0.3, -0.25) is 0 Å². The predicted molar refractivity (Wildman–Crippen MR) is 52.7 cm³/mol. The van der Waals surface area contributed by atoms with Crippen molar-refractivity contribution in [2.45, 2.75) is 6.92 Å². The van der Waals surface area contributed by atoms with Gasteiger partial charge in [-0.05, 0) is 12.5 Å². The normalized spacial score (nSPS) is 11.5. The Balaban J connectivity index is 3.79. The van der Waals surface area contributed by atoms with E-state index in [2.05, 4.69) is 12.5 Å². The minimum atomic E-state index is 0.360. The fourth-order valence-corrected chi connectivity index (χ4v) is 0.647. The van der Waals surface area contributed by atoms with Crippen LogP contribution in [-0.2, 0) is 4.74 Å². The zero-order valence-electron chi connectivity index (χ0n) is 7.42. The third-order valence-corrected chi connectivity index (χ3v) is 1.27. The fourth-order valence-electron chi connectivity index (χ4n) is 0.647. The summed E-state index contributed by atoms with van der Waals surface area (Å²) in [5.74, 6) is 2.41. The van der Waals surface area contributed by atoms with Crippen molar-refractivity contribution in [1.82, 2.24) is 0 Å². The molecule has 0 N–H and O–H groups in total. The molecule has 0 aromatic rings. The Morgan fingerprint density at radius 1 is 1.67 bits per heavy atom. The Bertz CT molecular complexity index is 216. The van der Waals surface area contributed by atoms with E-state index in [-0.39, 0.29) is 0 Å². The molecular formula is C11H14O. The molecule has 0 rings (SSSR count). The lowest BCUT2D eigenvalue weighted by Gasteiger charge is -1.99. The molecule has 1 nitrogen and oxygen atoms in total. The summed E-state index contributed by atoms with van der Waals surface area (Å²) in [7, 11) is 0. The topological polar surface area (TPSA) is 9.23 Å². The summed E-state index contributed by atoms with van der Waals surface area (Å²) in [4.78, 5) is 0. The lowest BCUT2D eigenvalue weighted by atomic mass is 10.2. The maximum atomic E-state index is 5.14. The summed E-state index contributed by atoms with van der Waals surface area (Å²) in [6, 6.07) is 0. The van der Waals surface area contributed by atoms with Crippen molar-refractivity contribution in [2.24, 2.45) is 0 Å². The highest BCUT2D eigenvalue weighted by atomic mass is 16.5. The molecule has 0 heterocycles. The van der Waals surface area contributed by atoms with E-state index < -0.39 is 0 Å². The van der Waals surface area contributed by atoms with Crippen molar-refractivity contribution < 1.29 is 4.74 Å². The van der Waals surface area contributed by atoms with Gasteiger partial charge in [0.25, 0.3) is 0 Å². The lowest BCUT2D eigenvalue weighted by Crippen LogP contribution is -1.96. The van der Waals surface area contributed by atoms with Crippen LogP contribution in [0.1, 0.15) is 6.92 Å². The van der Waals surface area contributed by atoms with Crippen LogP contribution in [0.3, 0.4) is 0 Å². The molecule has 0 saturated carbocycles. The third-order valence-electron chi connectivity index (χ3n) is 1.27. The Morgan fingerprint density at radius 2 is 2.42 bits per heavy atom. The largest absolute Gasteiger partial charge is 0.364 e. The van der Waals surface area contributed by atoms with Crippen LogP contribution in [0, 0.1) is 12.3 Å². The first kappa shape index (κ1) is 10.7. The van der Waals surface area contributed by atoms with Gasteiger partial charge in [0, 0.05) is 0 Å². The minimum absolute atomic E-state index is 0.360. The van der Waals surface area contributed by atoms with Crippen LogP contribution in [0.25, 0.3) is 0 Å². The number of ether oxygens (including phenoxy) is 1. The van der Waals surface area contributed by atoms with Gasteiger partial charge in [0.15, 0.2) is 0 Å². The summed E-state index contributed by atoms with van der Waals surface area (Å²) in [6.07, 6.45) is 12.6. The van der Waals surface area contributed by atoms with E-state index in [0.29, 0.717) is 13.2 Å². The third kappa shape index (κ3) is 5.52. The molecule has 0 spiro atoms. The van der Waals surface area contributed by atoms with Crippen LogP contribution in [0.4, 0.5) is 0 Å². The molecule has 0 bridgehead atoms. The van der Waals surface area contributed by atoms with Gasteiger partial charge in [-0.2, -0.15) is 0 Å². The van der Waals surface area contributed by atoms with Crippen LogP contribution in [-0.4, -0.2) is 13.2 Å². The molecule has 0 aromatic heterocycles. The summed E-state index contributed by atoms with van der Waals surface area (Å²) >= 11 is 0. The quantitative estimate of drug-likeness (QED) is 0.342. The Hall–Kier alpha value is -1.26. The average molecular weight is 162 g/mol. The van der Waals surface area contributed by atoms with Crippen LogP contribution in [0.5, 0.6) is 0 Å². The Kier molecular flexibility index (Phi) is 7.02. The average Bonchev–Trinajstić information content (AvgIpc) is 2.11. The summed E-state index contributed by atoms with van der Waals surface area (Å²) in [5, 5.41) is 0. The Morgan fingerprint density at radius 3 is 2.92 bits per heavy atom. The summed E-state index contributed by atoms with van der Waals surface area (Å²) < 4.78 is 5.14. The molecule has 0 aliphatic heterocycles. The zero-order chi connectivity index (χ0) is 9.23. The molecule has 0 fully saturated rings. The number of hydrogen-bond donors (Lipinski definition) is 0. The maximum absolute atomic E-state index is 5.14. The lowest BCUT2D eigenvalue weighted by molar-refractivity contribution is 0.194. The second kappa shape index (κ2) is 7.84. The molecule has 0 aliphatic rings. The molecule has 0 aromatic carbocycles. The van der Waals surface area contributed by atoms with E-state index in [0.717, 1.165) is 5.57 Å². The second-order valence-electron chi connectivity index (χ2n) is 2.16. The first-order valence-corrected chi connectivity index (χ1v) is 3.80. The van der Waals surface area contributed by atoms with Gasteiger partial charge in [-0.15, -0.1) is 6.42 Å². The standard InChI is InChI=1S/C11H14O/c1-4-7-8-11(6-3)10-12-9-5-2/h2,4,6-8H,1,9-10H2,3H3/b8-7-,11-6+. The predicted octanol–water partition coefficient (Wildman–Crippen LogP) is 2.32. The molecule has 64 valence electrons. The fraction of sp³-hybridized carbons (Fsp3) is 0.273. The first-order chi connectivity index (χ1) is 5.85. The molecule has 0 unspecified atom stereocenters. The van der Waals surface area contributed by atoms with Crippen molar-refractivity contribution in [3.63, 3.8) is 0 Å². The van der Waals surface area contributed by atoms with Crippen LogP contribution < -0.4 is 0 Å². The van der Waals surface area contributed by atoms with Gasteiger partial charge in [-0.1, -0.05) is 36.8 Å². The van der Waals surface area contributed by atoms with Crippen molar-refractivity contribution in [3.05, 3.63) is 36.5 Å². The molecule has 0 atom stereocenters. The van der Waals surface area contributed by atoms with Crippen LogP contribution >= 0.6 is 0 Å². The van der Waals surface area contributed by atoms with Crippen molar-refractivity contribution in [1.29, 1.82) is 0 Å². The monoisotopic (exact) mass is 162 g/mol. The highest BCUT2D eigenvalue weighted by Crippen LogP contribution is 1.97. The van der Waals surface area contributed by atoms with E-state index in [9.17, 15) is 0 Å². The van der Waals surface area contributed by atoms with Crippen molar-refractivity contribution >= 4 is 0 Å². The first-order valence-electron chi connectivity index (χ1n) is 3.80. The molecule has 12 heavy (non-hydrogen) atoms. The highest BCUT2D eigenvalue weighted by Gasteiger charge is 1.88. The maximum Gasteiger partial charge on any atom is 0.107 e. The highest BCUT2D eigenvalue weighted by molar-refractivity contribution is 5.21. The zero-order valence-corrected chi connectivity index (χ0v) is 7.42. The van der Waals surface area contributed by atoms with Gasteiger partial charge in [0.1, 0.15) is 6.61 Å². The van der Waals surface area contributed by atoms with Gasteiger partial charge >= 0.3 is 0 Å². The number of rotatable bonds is 5. The van der Waals surface area contributed by atoms with E-state index in [4.69, 9.17) is 11.2 Å². The molecule has 1 heteroatoms. The van der Waals surface area contributed by atoms with Crippen molar-refractivity contribution in [3.8, 4) is 12.3 Å². The van der Waals surface area contributed by atoms with Crippen LogP contribution in [0.15, 0.2) is 36.5 Å². The van der Waals surface area contributed by atoms with Crippen molar-refractivity contribution in [2.75, 3.05) is 13.2 Å². The van der Waals surface area contributed by atoms with E-state index in [1.807, 2.05) is 25.2 Å². The van der Waals surface area contributed by atoms with Gasteiger partial charge in [0.05, 0.1) is 6.61 Å². The number of terminal acetylenes is 1.